The van der Waals surface area contributed by atoms with Crippen LogP contribution in [0.1, 0.15) is 37.3 Å². The lowest BCUT2D eigenvalue weighted by atomic mass is 10.0. The molecule has 9 heteroatoms. The summed E-state index contributed by atoms with van der Waals surface area (Å²) in [4.78, 5) is 47.6. The standard InChI is InChI=1S/C24H21N3O4S2/c1-4-26-15-10-7-6-9-14(15)18(21(26)28)20-22(29)27-19(16-11-8-12-32-16)17(23(30)31-5-2)13(3)25-24(27)33-20/h6-12,19H,4-5H2,1-3H3/b20-18-. The van der Waals surface area contributed by atoms with E-state index in [9.17, 15) is 14.4 Å². The Kier molecular flexibility index (Phi) is 5.38. The zero-order chi connectivity index (χ0) is 23.3. The molecule has 1 amide bonds. The van der Waals surface area contributed by atoms with Crippen molar-refractivity contribution in [3.63, 3.8) is 0 Å². The molecule has 168 valence electrons. The number of rotatable bonds is 4. The molecule has 0 fully saturated rings. The van der Waals surface area contributed by atoms with Crippen LogP contribution in [0.2, 0.25) is 0 Å². The lowest BCUT2D eigenvalue weighted by Crippen LogP contribution is -2.40. The van der Waals surface area contributed by atoms with Gasteiger partial charge in [0.1, 0.15) is 10.6 Å². The molecule has 3 aromatic rings. The highest BCUT2D eigenvalue weighted by molar-refractivity contribution is 7.10. The molecule has 0 N–H and O–H groups in total. The predicted octanol–water partition coefficient (Wildman–Crippen LogP) is 2.60. The van der Waals surface area contributed by atoms with Crippen molar-refractivity contribution in [1.82, 2.24) is 4.57 Å². The zero-order valence-corrected chi connectivity index (χ0v) is 20.0. The van der Waals surface area contributed by atoms with Gasteiger partial charge in [0.25, 0.3) is 11.5 Å². The quantitative estimate of drug-likeness (QED) is 0.539. The van der Waals surface area contributed by atoms with Crippen LogP contribution in [0.4, 0.5) is 5.69 Å². The topological polar surface area (TPSA) is 81.0 Å². The van der Waals surface area contributed by atoms with Crippen molar-refractivity contribution in [3.05, 3.63) is 83.2 Å². The number of ether oxygens (including phenoxy) is 1. The number of benzene rings is 1. The molecular formula is C24H21N3O4S2. The number of anilines is 1. The minimum absolute atomic E-state index is 0.196. The fraction of sp³-hybridized carbons (Fsp3) is 0.250. The second-order valence-electron chi connectivity index (χ2n) is 7.58. The Hall–Kier alpha value is -3.30. The van der Waals surface area contributed by atoms with Gasteiger partial charge in [-0.3, -0.25) is 14.2 Å². The fourth-order valence-corrected chi connectivity index (χ4v) is 6.33. The lowest BCUT2D eigenvalue weighted by Gasteiger charge is -2.23. The van der Waals surface area contributed by atoms with E-state index in [2.05, 4.69) is 4.99 Å². The molecule has 2 aromatic heterocycles. The van der Waals surface area contributed by atoms with Crippen molar-refractivity contribution in [1.29, 1.82) is 0 Å². The van der Waals surface area contributed by atoms with Crippen molar-refractivity contribution in [2.24, 2.45) is 4.99 Å². The van der Waals surface area contributed by atoms with Gasteiger partial charge in [-0.25, -0.2) is 9.79 Å². The maximum absolute atomic E-state index is 13.8. The van der Waals surface area contributed by atoms with Crippen LogP contribution < -0.4 is 19.8 Å². The Bertz CT molecular complexity index is 1490. The zero-order valence-electron chi connectivity index (χ0n) is 18.3. The SMILES string of the molecule is CCOC(=O)C1=C(C)N=c2s/c(=C3\C(=O)N(CC)c4ccccc43)c(=O)n2C1c1cccs1. The largest absolute Gasteiger partial charge is 0.463 e. The Morgan fingerprint density at radius 3 is 2.64 bits per heavy atom. The summed E-state index contributed by atoms with van der Waals surface area (Å²) in [5, 5.41) is 1.90. The molecule has 4 heterocycles. The van der Waals surface area contributed by atoms with Gasteiger partial charge in [-0.1, -0.05) is 35.6 Å². The normalized spacial score (nSPS) is 18.8. The highest BCUT2D eigenvalue weighted by Crippen LogP contribution is 2.36. The van der Waals surface area contributed by atoms with Crippen LogP contribution in [0.25, 0.3) is 5.57 Å². The first kappa shape index (κ1) is 21.5. The van der Waals surface area contributed by atoms with Crippen LogP contribution in [-0.2, 0) is 14.3 Å². The highest BCUT2D eigenvalue weighted by atomic mass is 32.1. The lowest BCUT2D eigenvalue weighted by molar-refractivity contribution is -0.139. The first-order chi connectivity index (χ1) is 16.0. The maximum Gasteiger partial charge on any atom is 0.338 e. The first-order valence-electron chi connectivity index (χ1n) is 10.6. The van der Waals surface area contributed by atoms with Crippen molar-refractivity contribution in [2.75, 3.05) is 18.1 Å². The molecule has 0 saturated heterocycles. The van der Waals surface area contributed by atoms with Crippen molar-refractivity contribution in [3.8, 4) is 0 Å². The van der Waals surface area contributed by atoms with Gasteiger partial charge in [0.05, 0.1) is 29.1 Å². The molecule has 0 aliphatic carbocycles. The number of allylic oxidation sites excluding steroid dienone is 1. The number of carbonyl (C=O) groups excluding carboxylic acids is 2. The van der Waals surface area contributed by atoms with Gasteiger partial charge in [0.15, 0.2) is 4.80 Å². The smallest absolute Gasteiger partial charge is 0.338 e. The maximum atomic E-state index is 13.8. The predicted molar refractivity (Wildman–Crippen MR) is 128 cm³/mol. The molecule has 7 nitrogen and oxygen atoms in total. The summed E-state index contributed by atoms with van der Waals surface area (Å²) in [6.07, 6.45) is 0. The molecule has 33 heavy (non-hydrogen) atoms. The van der Waals surface area contributed by atoms with Crippen molar-refractivity contribution >= 4 is 45.8 Å². The van der Waals surface area contributed by atoms with Crippen molar-refractivity contribution < 1.29 is 14.3 Å². The van der Waals surface area contributed by atoms with E-state index in [1.807, 2.05) is 48.7 Å². The number of esters is 1. The van der Waals surface area contributed by atoms with Gasteiger partial charge in [-0.05, 0) is 38.3 Å². The molecule has 0 saturated carbocycles. The first-order valence-corrected chi connectivity index (χ1v) is 12.3. The number of thiazole rings is 1. The molecule has 0 radical (unpaired) electrons. The number of hydrogen-bond donors (Lipinski definition) is 0. The molecule has 2 aliphatic heterocycles. The minimum atomic E-state index is -0.649. The number of nitrogens with zero attached hydrogens (tertiary/aromatic N) is 3. The van der Waals surface area contributed by atoms with Crippen LogP contribution in [0, 0.1) is 0 Å². The van der Waals surface area contributed by atoms with E-state index in [1.54, 1.807) is 18.7 Å². The fourth-order valence-electron chi connectivity index (χ4n) is 4.37. The summed E-state index contributed by atoms with van der Waals surface area (Å²) < 4.78 is 7.17. The Morgan fingerprint density at radius 1 is 1.15 bits per heavy atom. The van der Waals surface area contributed by atoms with Gasteiger partial charge in [-0.15, -0.1) is 11.3 Å². The summed E-state index contributed by atoms with van der Waals surface area (Å²) >= 11 is 2.65. The van der Waals surface area contributed by atoms with E-state index >= 15 is 0 Å². The summed E-state index contributed by atoms with van der Waals surface area (Å²) in [6, 6.07) is 10.6. The third-order valence-electron chi connectivity index (χ3n) is 5.77. The molecule has 5 rings (SSSR count). The second kappa shape index (κ2) is 8.24. The molecule has 1 atom stereocenters. The molecule has 2 aliphatic rings. The number of fused-ring (bicyclic) bond motifs is 2. The Balaban J connectivity index is 1.82. The minimum Gasteiger partial charge on any atom is -0.463 e. The number of likely N-dealkylation sites (N-methyl/N-ethyl adjacent to an activating group) is 1. The summed E-state index contributed by atoms with van der Waals surface area (Å²) in [5.41, 5.74) is 2.45. The second-order valence-corrected chi connectivity index (χ2v) is 9.54. The van der Waals surface area contributed by atoms with Gasteiger partial charge in [-0.2, -0.15) is 0 Å². The van der Waals surface area contributed by atoms with E-state index in [0.29, 0.717) is 32.7 Å². The number of para-hydroxylation sites is 1. The van der Waals surface area contributed by atoms with E-state index in [4.69, 9.17) is 4.74 Å². The molecule has 0 bridgehead atoms. The van der Waals surface area contributed by atoms with E-state index in [-0.39, 0.29) is 18.1 Å². The molecule has 1 unspecified atom stereocenters. The van der Waals surface area contributed by atoms with Gasteiger partial charge in [0, 0.05) is 17.0 Å². The average Bonchev–Trinajstić information content (AvgIpc) is 3.50. The number of amides is 1. The van der Waals surface area contributed by atoms with Gasteiger partial charge < -0.3 is 9.64 Å². The monoisotopic (exact) mass is 479 g/mol. The summed E-state index contributed by atoms with van der Waals surface area (Å²) in [5.74, 6) is -0.687. The Morgan fingerprint density at radius 2 is 1.94 bits per heavy atom. The van der Waals surface area contributed by atoms with Crippen LogP contribution >= 0.6 is 22.7 Å². The van der Waals surface area contributed by atoms with Crippen LogP contribution in [0.15, 0.2) is 62.8 Å². The number of aromatic nitrogens is 1. The van der Waals surface area contributed by atoms with Gasteiger partial charge >= 0.3 is 5.97 Å². The summed E-state index contributed by atoms with van der Waals surface area (Å²) in [7, 11) is 0. The van der Waals surface area contributed by atoms with Crippen molar-refractivity contribution in [2.45, 2.75) is 26.8 Å². The Labute approximate surface area is 197 Å². The number of carbonyl (C=O) groups is 2. The van der Waals surface area contributed by atoms with Crippen LogP contribution in [-0.4, -0.2) is 29.6 Å². The van der Waals surface area contributed by atoms with E-state index in [1.165, 1.54) is 27.2 Å². The van der Waals surface area contributed by atoms with Gasteiger partial charge in [0.2, 0.25) is 0 Å². The van der Waals surface area contributed by atoms with E-state index in [0.717, 1.165) is 16.1 Å². The molecular weight excluding hydrogens is 458 g/mol. The highest BCUT2D eigenvalue weighted by Gasteiger charge is 2.37. The third kappa shape index (κ3) is 3.22. The summed E-state index contributed by atoms with van der Waals surface area (Å²) in [6.45, 7) is 6.13. The molecule has 1 aromatic carbocycles. The van der Waals surface area contributed by atoms with Crippen LogP contribution in [0.5, 0.6) is 0 Å². The van der Waals surface area contributed by atoms with Crippen LogP contribution in [0.3, 0.4) is 0 Å². The van der Waals surface area contributed by atoms with E-state index < -0.39 is 12.0 Å². The number of thiophene rings is 1. The average molecular weight is 480 g/mol. The third-order valence-corrected chi connectivity index (χ3v) is 7.75. The number of hydrogen-bond acceptors (Lipinski definition) is 7. The molecule has 0 spiro atoms.